The number of nitrogens with one attached hydrogen (secondary N) is 1. The third-order valence-electron chi connectivity index (χ3n) is 5.13. The van der Waals surface area contributed by atoms with Crippen molar-refractivity contribution in [2.45, 2.75) is 55.7 Å². The van der Waals surface area contributed by atoms with Gasteiger partial charge in [0.25, 0.3) is 0 Å². The quantitative estimate of drug-likeness (QED) is 0.667. The largest absolute Gasteiger partial charge is 0.376 e. The van der Waals surface area contributed by atoms with Crippen molar-refractivity contribution in [2.24, 2.45) is 0 Å². The number of thioether (sulfide) groups is 1. The van der Waals surface area contributed by atoms with Gasteiger partial charge in [0.1, 0.15) is 5.82 Å². The number of ether oxygens (including phenoxy) is 1. The molecule has 2 aliphatic heterocycles. The van der Waals surface area contributed by atoms with E-state index in [1.807, 2.05) is 6.92 Å². The summed E-state index contributed by atoms with van der Waals surface area (Å²) in [5.74, 6) is 1.22. The number of amides is 1. The molecule has 0 bridgehead atoms. The minimum Gasteiger partial charge on any atom is -0.376 e. The van der Waals surface area contributed by atoms with Gasteiger partial charge in [0.05, 0.1) is 22.9 Å². The standard InChI is InChI=1S/C19H25ClN6O2S/c1-13(17(27)22-16-7-6-14(20)11-21-16)29-19-24-23-18(25-8-2-3-9-25)26(19)12-15-5-4-10-28-15/h6-7,11,13,15H,2-5,8-10,12H2,1H3,(H,21,22,27)/t13-,15-/m1/s1. The highest BCUT2D eigenvalue weighted by Crippen LogP contribution is 2.29. The van der Waals surface area contributed by atoms with Crippen LogP contribution in [0.25, 0.3) is 0 Å². The molecule has 0 radical (unpaired) electrons. The van der Waals surface area contributed by atoms with Crippen LogP contribution in [0.3, 0.4) is 0 Å². The molecule has 1 amide bonds. The van der Waals surface area contributed by atoms with E-state index in [9.17, 15) is 4.79 Å². The summed E-state index contributed by atoms with van der Waals surface area (Å²) in [5.41, 5.74) is 0. The second kappa shape index (κ2) is 9.32. The summed E-state index contributed by atoms with van der Waals surface area (Å²) in [7, 11) is 0. The topological polar surface area (TPSA) is 85.2 Å². The van der Waals surface area contributed by atoms with Crippen LogP contribution in [0.4, 0.5) is 11.8 Å². The van der Waals surface area contributed by atoms with Crippen molar-refractivity contribution in [1.82, 2.24) is 19.7 Å². The Labute approximate surface area is 179 Å². The number of carbonyl (C=O) groups excluding carboxylic acids is 1. The Bertz CT molecular complexity index is 834. The molecular formula is C19H25ClN6O2S. The minimum atomic E-state index is -0.355. The summed E-state index contributed by atoms with van der Waals surface area (Å²) in [5, 5.41) is 12.6. The van der Waals surface area contributed by atoms with Crippen LogP contribution in [0.1, 0.15) is 32.6 Å². The Morgan fingerprint density at radius 1 is 1.34 bits per heavy atom. The molecule has 10 heteroatoms. The van der Waals surface area contributed by atoms with Gasteiger partial charge >= 0.3 is 0 Å². The van der Waals surface area contributed by atoms with Crippen LogP contribution in [0.5, 0.6) is 0 Å². The first-order chi connectivity index (χ1) is 14.1. The molecule has 4 rings (SSSR count). The average molecular weight is 437 g/mol. The Kier molecular flexibility index (Phi) is 6.56. The number of carbonyl (C=O) groups is 1. The molecule has 0 aliphatic carbocycles. The smallest absolute Gasteiger partial charge is 0.238 e. The van der Waals surface area contributed by atoms with Gasteiger partial charge in [-0.3, -0.25) is 9.36 Å². The lowest BCUT2D eigenvalue weighted by Crippen LogP contribution is -2.26. The first-order valence-electron chi connectivity index (χ1n) is 9.99. The van der Waals surface area contributed by atoms with Crippen LogP contribution in [0.15, 0.2) is 23.5 Å². The van der Waals surface area contributed by atoms with Gasteiger partial charge in [-0.1, -0.05) is 23.4 Å². The van der Waals surface area contributed by atoms with E-state index in [4.69, 9.17) is 16.3 Å². The third-order valence-corrected chi connectivity index (χ3v) is 6.43. The third kappa shape index (κ3) is 5.02. The molecule has 2 atom stereocenters. The highest BCUT2D eigenvalue weighted by atomic mass is 35.5. The lowest BCUT2D eigenvalue weighted by molar-refractivity contribution is -0.115. The van der Waals surface area contributed by atoms with Crippen molar-refractivity contribution in [3.05, 3.63) is 23.4 Å². The summed E-state index contributed by atoms with van der Waals surface area (Å²) in [6, 6.07) is 3.38. The molecular weight excluding hydrogens is 412 g/mol. The second-order valence-corrected chi connectivity index (χ2v) is 9.08. The molecule has 8 nitrogen and oxygen atoms in total. The number of nitrogens with zero attached hydrogens (tertiary/aromatic N) is 5. The molecule has 2 aromatic rings. The summed E-state index contributed by atoms with van der Waals surface area (Å²) in [4.78, 5) is 19.0. The molecule has 2 saturated heterocycles. The van der Waals surface area contributed by atoms with Gasteiger partial charge in [0.2, 0.25) is 11.9 Å². The first-order valence-corrected chi connectivity index (χ1v) is 11.2. The molecule has 0 saturated carbocycles. The van der Waals surface area contributed by atoms with Crippen LogP contribution < -0.4 is 10.2 Å². The molecule has 2 aliphatic rings. The van der Waals surface area contributed by atoms with Crippen molar-refractivity contribution in [3.63, 3.8) is 0 Å². The zero-order chi connectivity index (χ0) is 20.2. The predicted molar refractivity (Wildman–Crippen MR) is 114 cm³/mol. The lowest BCUT2D eigenvalue weighted by atomic mass is 10.2. The summed E-state index contributed by atoms with van der Waals surface area (Å²) in [6.45, 7) is 5.37. The van der Waals surface area contributed by atoms with Crippen LogP contribution in [-0.2, 0) is 16.1 Å². The number of hydrogen-bond acceptors (Lipinski definition) is 7. The maximum Gasteiger partial charge on any atom is 0.238 e. The fourth-order valence-corrected chi connectivity index (χ4v) is 4.53. The van der Waals surface area contributed by atoms with Crippen molar-refractivity contribution < 1.29 is 9.53 Å². The SMILES string of the molecule is C[C@@H](Sc1nnc(N2CCCC2)n1C[C@H]1CCCO1)C(=O)Nc1ccc(Cl)cn1. The van der Waals surface area contributed by atoms with Gasteiger partial charge in [-0.05, 0) is 44.7 Å². The van der Waals surface area contributed by atoms with E-state index in [1.54, 1.807) is 12.1 Å². The van der Waals surface area contributed by atoms with Crippen LogP contribution in [0.2, 0.25) is 5.02 Å². The summed E-state index contributed by atoms with van der Waals surface area (Å²) in [6.07, 6.45) is 6.15. The van der Waals surface area contributed by atoms with E-state index < -0.39 is 0 Å². The number of aromatic nitrogens is 4. The molecule has 1 N–H and O–H groups in total. The van der Waals surface area contributed by atoms with Crippen molar-refractivity contribution in [1.29, 1.82) is 0 Å². The van der Waals surface area contributed by atoms with Crippen molar-refractivity contribution in [3.8, 4) is 0 Å². The van der Waals surface area contributed by atoms with Gasteiger partial charge in [0.15, 0.2) is 5.16 Å². The number of hydrogen-bond donors (Lipinski definition) is 1. The van der Waals surface area contributed by atoms with Crippen LogP contribution >= 0.6 is 23.4 Å². The number of halogens is 1. The molecule has 0 unspecified atom stereocenters. The summed E-state index contributed by atoms with van der Waals surface area (Å²) >= 11 is 7.25. The van der Waals surface area contributed by atoms with Gasteiger partial charge < -0.3 is 15.0 Å². The Balaban J connectivity index is 1.47. The monoisotopic (exact) mass is 436 g/mol. The first kappa shape index (κ1) is 20.4. The minimum absolute atomic E-state index is 0.140. The fraction of sp³-hybridized carbons (Fsp3) is 0.579. The zero-order valence-corrected chi connectivity index (χ0v) is 18.0. The molecule has 2 fully saturated rings. The zero-order valence-electron chi connectivity index (χ0n) is 16.4. The molecule has 156 valence electrons. The van der Waals surface area contributed by atoms with Gasteiger partial charge in [-0.2, -0.15) is 0 Å². The number of anilines is 2. The highest BCUT2D eigenvalue weighted by Gasteiger charge is 2.27. The Hall–Kier alpha value is -1.84. The number of rotatable bonds is 7. The molecule has 0 aromatic carbocycles. The van der Waals surface area contributed by atoms with Crippen LogP contribution in [-0.4, -0.2) is 56.7 Å². The summed E-state index contributed by atoms with van der Waals surface area (Å²) < 4.78 is 7.96. The van der Waals surface area contributed by atoms with E-state index in [0.29, 0.717) is 17.4 Å². The van der Waals surface area contributed by atoms with E-state index in [-0.39, 0.29) is 17.3 Å². The van der Waals surface area contributed by atoms with E-state index in [0.717, 1.165) is 43.6 Å². The highest BCUT2D eigenvalue weighted by molar-refractivity contribution is 8.00. The van der Waals surface area contributed by atoms with E-state index >= 15 is 0 Å². The van der Waals surface area contributed by atoms with Gasteiger partial charge in [-0.25, -0.2) is 4.98 Å². The fourth-order valence-electron chi connectivity index (χ4n) is 3.56. The molecule has 29 heavy (non-hydrogen) atoms. The molecule has 0 spiro atoms. The van der Waals surface area contributed by atoms with Crippen LogP contribution in [0, 0.1) is 0 Å². The van der Waals surface area contributed by atoms with Crippen molar-refractivity contribution in [2.75, 3.05) is 29.9 Å². The Morgan fingerprint density at radius 2 is 2.17 bits per heavy atom. The lowest BCUT2D eigenvalue weighted by Gasteiger charge is -2.21. The molecule has 4 heterocycles. The Morgan fingerprint density at radius 3 is 2.86 bits per heavy atom. The van der Waals surface area contributed by atoms with Gasteiger partial charge in [0, 0.05) is 25.9 Å². The maximum atomic E-state index is 12.6. The van der Waals surface area contributed by atoms with E-state index in [1.165, 1.54) is 30.8 Å². The maximum absolute atomic E-state index is 12.6. The second-order valence-electron chi connectivity index (χ2n) is 7.33. The molecule has 2 aromatic heterocycles. The predicted octanol–water partition coefficient (Wildman–Crippen LogP) is 3.23. The van der Waals surface area contributed by atoms with E-state index in [2.05, 4.69) is 30.0 Å². The normalized spacial score (nSPS) is 20.2. The number of pyridine rings is 1. The van der Waals surface area contributed by atoms with Gasteiger partial charge in [-0.15, -0.1) is 10.2 Å². The van der Waals surface area contributed by atoms with Crippen molar-refractivity contribution >= 4 is 41.0 Å². The average Bonchev–Trinajstić information content (AvgIpc) is 3.47.